The van der Waals surface area contributed by atoms with E-state index in [0.29, 0.717) is 12.6 Å². The summed E-state index contributed by atoms with van der Waals surface area (Å²) in [5, 5.41) is 0. The molecule has 0 aromatic carbocycles. The van der Waals surface area contributed by atoms with Crippen LogP contribution < -0.4 is 0 Å². The summed E-state index contributed by atoms with van der Waals surface area (Å²) in [6.45, 7) is 3.42. The Morgan fingerprint density at radius 2 is 2.45 bits per heavy atom. The van der Waals surface area contributed by atoms with Gasteiger partial charge in [0.05, 0.1) is 6.61 Å². The molecule has 2 rings (SSSR count). The second-order valence-corrected chi connectivity index (χ2v) is 2.93. The first kappa shape index (κ1) is 6.80. The Morgan fingerprint density at radius 3 is 3.36 bits per heavy atom. The number of fused-ring (bicyclic) bond motifs is 1. The van der Waals surface area contributed by atoms with Gasteiger partial charge in [-0.3, -0.25) is 4.99 Å². The standard InChI is InChI=1S/C9H11NO/c1-7-2-3-9-8(4-7)5-11-6-10-9/h2-4,8H,5-6H2,1H3. The van der Waals surface area contributed by atoms with Gasteiger partial charge in [0.2, 0.25) is 0 Å². The molecule has 0 aromatic heterocycles. The first-order valence-electron chi connectivity index (χ1n) is 3.85. The van der Waals surface area contributed by atoms with Gasteiger partial charge in [-0.15, -0.1) is 0 Å². The van der Waals surface area contributed by atoms with E-state index in [1.807, 2.05) is 0 Å². The van der Waals surface area contributed by atoms with E-state index in [1.165, 1.54) is 11.3 Å². The monoisotopic (exact) mass is 149 g/mol. The highest BCUT2D eigenvalue weighted by molar-refractivity contribution is 5.99. The van der Waals surface area contributed by atoms with Gasteiger partial charge in [0.25, 0.3) is 0 Å². The minimum Gasteiger partial charge on any atom is -0.358 e. The summed E-state index contributed by atoms with van der Waals surface area (Å²) >= 11 is 0. The first-order valence-corrected chi connectivity index (χ1v) is 3.85. The van der Waals surface area contributed by atoms with Gasteiger partial charge in [0, 0.05) is 11.6 Å². The van der Waals surface area contributed by atoms with E-state index in [2.05, 4.69) is 30.1 Å². The van der Waals surface area contributed by atoms with Crippen LogP contribution in [-0.2, 0) is 4.74 Å². The molecule has 0 bridgehead atoms. The Balaban J connectivity index is 2.28. The first-order chi connectivity index (χ1) is 5.36. The lowest BCUT2D eigenvalue weighted by molar-refractivity contribution is 0.123. The molecule has 2 aliphatic rings. The van der Waals surface area contributed by atoms with Crippen LogP contribution in [-0.4, -0.2) is 19.0 Å². The van der Waals surface area contributed by atoms with Crippen LogP contribution >= 0.6 is 0 Å². The third-order valence-electron chi connectivity index (χ3n) is 2.00. The van der Waals surface area contributed by atoms with E-state index < -0.39 is 0 Å². The molecule has 1 atom stereocenters. The molecule has 0 N–H and O–H groups in total. The van der Waals surface area contributed by atoms with Crippen molar-refractivity contribution in [3.8, 4) is 0 Å². The fourth-order valence-corrected chi connectivity index (χ4v) is 1.40. The van der Waals surface area contributed by atoms with Crippen molar-refractivity contribution < 1.29 is 4.74 Å². The molecule has 0 spiro atoms. The minimum atomic E-state index is 0.411. The molecule has 0 saturated heterocycles. The summed E-state index contributed by atoms with van der Waals surface area (Å²) in [7, 11) is 0. The zero-order valence-corrected chi connectivity index (χ0v) is 6.58. The van der Waals surface area contributed by atoms with E-state index in [1.54, 1.807) is 0 Å². The SMILES string of the molecule is CC1=CC2COCN=C2C=C1. The largest absolute Gasteiger partial charge is 0.358 e. The fourth-order valence-electron chi connectivity index (χ4n) is 1.40. The van der Waals surface area contributed by atoms with Gasteiger partial charge in [-0.2, -0.15) is 0 Å². The van der Waals surface area contributed by atoms with E-state index >= 15 is 0 Å². The van der Waals surface area contributed by atoms with E-state index in [9.17, 15) is 0 Å². The number of nitrogens with zero attached hydrogens (tertiary/aromatic N) is 1. The average molecular weight is 149 g/mol. The Kier molecular flexibility index (Phi) is 1.62. The lowest BCUT2D eigenvalue weighted by Gasteiger charge is -2.21. The molecule has 0 saturated carbocycles. The highest BCUT2D eigenvalue weighted by Gasteiger charge is 2.17. The van der Waals surface area contributed by atoms with Crippen LogP contribution in [0.15, 0.2) is 28.8 Å². The molecule has 0 aromatic rings. The number of ether oxygens (including phenoxy) is 1. The Hall–Kier alpha value is -0.890. The zero-order chi connectivity index (χ0) is 7.68. The van der Waals surface area contributed by atoms with Gasteiger partial charge in [0.15, 0.2) is 0 Å². The molecule has 1 aliphatic heterocycles. The summed E-state index contributed by atoms with van der Waals surface area (Å²) in [6, 6.07) is 0. The van der Waals surface area contributed by atoms with Crippen molar-refractivity contribution in [2.75, 3.05) is 13.3 Å². The third kappa shape index (κ3) is 1.26. The van der Waals surface area contributed by atoms with Crippen LogP contribution in [0, 0.1) is 5.92 Å². The quantitative estimate of drug-likeness (QED) is 0.512. The Labute approximate surface area is 66.3 Å². The summed E-state index contributed by atoms with van der Waals surface area (Å²) in [4.78, 5) is 4.25. The van der Waals surface area contributed by atoms with Gasteiger partial charge in [-0.1, -0.05) is 17.7 Å². The predicted molar refractivity (Wildman–Crippen MR) is 44.6 cm³/mol. The molecule has 2 heteroatoms. The molecule has 11 heavy (non-hydrogen) atoms. The Bertz CT molecular complexity index is 250. The van der Waals surface area contributed by atoms with Gasteiger partial charge >= 0.3 is 0 Å². The minimum absolute atomic E-state index is 0.411. The van der Waals surface area contributed by atoms with Crippen LogP contribution in [0.2, 0.25) is 0 Å². The van der Waals surface area contributed by atoms with Crippen LogP contribution in [0.1, 0.15) is 6.92 Å². The van der Waals surface area contributed by atoms with Crippen LogP contribution in [0.3, 0.4) is 0 Å². The average Bonchev–Trinajstić information content (AvgIpc) is 2.04. The maximum Gasteiger partial charge on any atom is 0.137 e. The molecule has 0 radical (unpaired) electrons. The highest BCUT2D eigenvalue weighted by Crippen LogP contribution is 2.17. The van der Waals surface area contributed by atoms with Gasteiger partial charge in [-0.05, 0) is 13.0 Å². The normalized spacial score (nSPS) is 29.0. The molecular weight excluding hydrogens is 138 g/mol. The molecule has 2 nitrogen and oxygen atoms in total. The molecule has 0 amide bonds. The van der Waals surface area contributed by atoms with E-state index in [4.69, 9.17) is 4.74 Å². The van der Waals surface area contributed by atoms with Crippen molar-refractivity contribution in [1.29, 1.82) is 0 Å². The Morgan fingerprint density at radius 1 is 1.55 bits per heavy atom. The number of allylic oxidation sites excluding steroid dienone is 3. The van der Waals surface area contributed by atoms with Crippen LogP contribution in [0.5, 0.6) is 0 Å². The lowest BCUT2D eigenvalue weighted by atomic mass is 9.95. The van der Waals surface area contributed by atoms with E-state index in [0.717, 1.165) is 6.61 Å². The van der Waals surface area contributed by atoms with Crippen molar-refractivity contribution in [3.05, 3.63) is 23.8 Å². The molecule has 1 heterocycles. The number of aliphatic imine (C=N–C) groups is 1. The topological polar surface area (TPSA) is 21.6 Å². The number of hydrogen-bond acceptors (Lipinski definition) is 2. The number of hydrogen-bond donors (Lipinski definition) is 0. The highest BCUT2D eigenvalue weighted by atomic mass is 16.5. The van der Waals surface area contributed by atoms with Gasteiger partial charge in [-0.25, -0.2) is 0 Å². The smallest absolute Gasteiger partial charge is 0.137 e. The van der Waals surface area contributed by atoms with Crippen LogP contribution in [0.4, 0.5) is 0 Å². The van der Waals surface area contributed by atoms with E-state index in [-0.39, 0.29) is 0 Å². The predicted octanol–water partition coefficient (Wildman–Crippen LogP) is 1.55. The molecule has 58 valence electrons. The third-order valence-corrected chi connectivity index (χ3v) is 2.00. The lowest BCUT2D eigenvalue weighted by Crippen LogP contribution is -2.24. The van der Waals surface area contributed by atoms with Crippen LogP contribution in [0.25, 0.3) is 0 Å². The second kappa shape index (κ2) is 2.62. The summed E-state index contributed by atoms with van der Waals surface area (Å²) in [6.07, 6.45) is 6.39. The summed E-state index contributed by atoms with van der Waals surface area (Å²) in [5.41, 5.74) is 2.47. The second-order valence-electron chi connectivity index (χ2n) is 2.93. The molecule has 1 unspecified atom stereocenters. The van der Waals surface area contributed by atoms with Gasteiger partial charge in [0.1, 0.15) is 6.73 Å². The summed E-state index contributed by atoms with van der Waals surface area (Å²) < 4.78 is 5.22. The van der Waals surface area contributed by atoms with Crippen molar-refractivity contribution in [3.63, 3.8) is 0 Å². The molecule has 0 fully saturated rings. The van der Waals surface area contributed by atoms with Crippen molar-refractivity contribution in [1.82, 2.24) is 0 Å². The van der Waals surface area contributed by atoms with Crippen molar-refractivity contribution in [2.45, 2.75) is 6.92 Å². The van der Waals surface area contributed by atoms with Gasteiger partial charge < -0.3 is 4.74 Å². The van der Waals surface area contributed by atoms with Crippen molar-refractivity contribution in [2.24, 2.45) is 10.9 Å². The maximum atomic E-state index is 5.22. The van der Waals surface area contributed by atoms with Crippen molar-refractivity contribution >= 4 is 5.71 Å². The fraction of sp³-hybridized carbons (Fsp3) is 0.444. The summed E-state index contributed by atoms with van der Waals surface area (Å²) in [5.74, 6) is 0.411. The molecular formula is C9H11NO. The molecule has 1 aliphatic carbocycles. The maximum absolute atomic E-state index is 5.22. The zero-order valence-electron chi connectivity index (χ0n) is 6.58. The number of rotatable bonds is 0.